The Balaban J connectivity index is 1.92. The Kier molecular flexibility index (Phi) is 4.37. The fourth-order valence-electron chi connectivity index (χ4n) is 2.38. The highest BCUT2D eigenvalue weighted by molar-refractivity contribution is 5.93. The van der Waals surface area contributed by atoms with Crippen LogP contribution in [0.15, 0.2) is 18.2 Å². The van der Waals surface area contributed by atoms with Gasteiger partial charge >= 0.3 is 0 Å². The van der Waals surface area contributed by atoms with Gasteiger partial charge in [0.15, 0.2) is 0 Å². The van der Waals surface area contributed by atoms with Crippen molar-refractivity contribution in [3.63, 3.8) is 0 Å². The molecule has 3 nitrogen and oxygen atoms in total. The molecule has 0 aromatic heterocycles. The van der Waals surface area contributed by atoms with Gasteiger partial charge in [0.1, 0.15) is 0 Å². The van der Waals surface area contributed by atoms with Gasteiger partial charge in [-0.1, -0.05) is 18.6 Å². The Labute approximate surface area is 109 Å². The third kappa shape index (κ3) is 3.57. The fourth-order valence-corrected chi connectivity index (χ4v) is 2.38. The van der Waals surface area contributed by atoms with Crippen LogP contribution in [-0.4, -0.2) is 30.4 Å². The van der Waals surface area contributed by atoms with Crippen molar-refractivity contribution in [1.29, 1.82) is 0 Å². The topological polar surface area (TPSA) is 32.3 Å². The number of nitrogens with one attached hydrogen (secondary N) is 1. The number of nitrogens with zero attached hydrogens (tertiary/aromatic N) is 1. The molecule has 1 amide bonds. The van der Waals surface area contributed by atoms with Gasteiger partial charge in [-0.25, -0.2) is 0 Å². The monoisotopic (exact) mass is 246 g/mol. The Bertz CT molecular complexity index is 423. The summed E-state index contributed by atoms with van der Waals surface area (Å²) in [5.41, 5.74) is 3.23. The number of benzene rings is 1. The number of likely N-dealkylation sites (tertiary alicyclic amines) is 1. The minimum absolute atomic E-state index is 0.102. The third-order valence-electron chi connectivity index (χ3n) is 3.48. The van der Waals surface area contributed by atoms with Crippen molar-refractivity contribution in [3.05, 3.63) is 29.3 Å². The molecule has 0 spiro atoms. The number of hydrogen-bond acceptors (Lipinski definition) is 2. The van der Waals surface area contributed by atoms with Crippen molar-refractivity contribution in [3.8, 4) is 0 Å². The van der Waals surface area contributed by atoms with Gasteiger partial charge in [0, 0.05) is 5.69 Å². The van der Waals surface area contributed by atoms with Crippen LogP contribution in [0.4, 0.5) is 5.69 Å². The molecule has 1 aliphatic heterocycles. The maximum absolute atomic E-state index is 12.0. The van der Waals surface area contributed by atoms with Gasteiger partial charge in [-0.3, -0.25) is 9.69 Å². The molecule has 1 heterocycles. The number of carbonyl (C=O) groups excluding carboxylic acids is 1. The quantitative estimate of drug-likeness (QED) is 0.889. The predicted molar refractivity (Wildman–Crippen MR) is 74.8 cm³/mol. The molecule has 1 aliphatic rings. The van der Waals surface area contributed by atoms with Crippen LogP contribution < -0.4 is 5.32 Å². The fraction of sp³-hybridized carbons (Fsp3) is 0.533. The van der Waals surface area contributed by atoms with E-state index in [1.54, 1.807) is 0 Å². The maximum atomic E-state index is 12.0. The van der Waals surface area contributed by atoms with Gasteiger partial charge in [-0.15, -0.1) is 0 Å². The summed E-state index contributed by atoms with van der Waals surface area (Å²) in [6.45, 7) is 6.70. The highest BCUT2D eigenvalue weighted by Gasteiger charge is 2.14. The Hall–Kier alpha value is -1.35. The highest BCUT2D eigenvalue weighted by atomic mass is 16.2. The van der Waals surface area contributed by atoms with Crippen LogP contribution >= 0.6 is 0 Å². The zero-order chi connectivity index (χ0) is 13.0. The van der Waals surface area contributed by atoms with Crippen LogP contribution in [0, 0.1) is 13.8 Å². The number of rotatable bonds is 3. The van der Waals surface area contributed by atoms with E-state index in [9.17, 15) is 4.79 Å². The molecule has 1 aromatic carbocycles. The molecule has 2 rings (SSSR count). The third-order valence-corrected chi connectivity index (χ3v) is 3.48. The molecular formula is C15H22N2O. The van der Waals surface area contributed by atoms with E-state index in [0.717, 1.165) is 24.3 Å². The van der Waals surface area contributed by atoms with Crippen LogP contribution in [0.2, 0.25) is 0 Å². The lowest BCUT2D eigenvalue weighted by molar-refractivity contribution is -0.117. The first-order valence-electron chi connectivity index (χ1n) is 6.74. The van der Waals surface area contributed by atoms with Gasteiger partial charge in [-0.2, -0.15) is 0 Å². The van der Waals surface area contributed by atoms with Gasteiger partial charge < -0.3 is 5.32 Å². The predicted octanol–water partition coefficient (Wildman–Crippen LogP) is 2.73. The number of amides is 1. The molecule has 0 unspecified atom stereocenters. The molecule has 0 radical (unpaired) electrons. The van der Waals surface area contributed by atoms with Crippen LogP contribution in [0.1, 0.15) is 30.4 Å². The molecule has 0 aliphatic carbocycles. The molecule has 98 valence electrons. The van der Waals surface area contributed by atoms with E-state index in [1.165, 1.54) is 24.8 Å². The standard InChI is InChI=1S/C15H22N2O/c1-12-6-7-13(2)14(10-12)16-15(18)11-17-8-4-3-5-9-17/h6-7,10H,3-5,8-9,11H2,1-2H3,(H,16,18). The van der Waals surface area contributed by atoms with E-state index < -0.39 is 0 Å². The smallest absolute Gasteiger partial charge is 0.238 e. The van der Waals surface area contributed by atoms with Crippen molar-refractivity contribution in [2.24, 2.45) is 0 Å². The first-order valence-corrected chi connectivity index (χ1v) is 6.74. The van der Waals surface area contributed by atoms with Crippen molar-refractivity contribution in [2.75, 3.05) is 25.0 Å². The minimum atomic E-state index is 0.102. The van der Waals surface area contributed by atoms with E-state index in [4.69, 9.17) is 0 Å². The average Bonchev–Trinajstić information content (AvgIpc) is 2.35. The maximum Gasteiger partial charge on any atom is 0.238 e. The summed E-state index contributed by atoms with van der Waals surface area (Å²) in [6, 6.07) is 6.14. The Morgan fingerprint density at radius 3 is 2.67 bits per heavy atom. The van der Waals surface area contributed by atoms with Crippen molar-refractivity contribution in [2.45, 2.75) is 33.1 Å². The second-order valence-corrected chi connectivity index (χ2v) is 5.20. The van der Waals surface area contributed by atoms with Gasteiger partial charge in [0.25, 0.3) is 0 Å². The lowest BCUT2D eigenvalue weighted by Gasteiger charge is -2.25. The minimum Gasteiger partial charge on any atom is -0.325 e. The van der Waals surface area contributed by atoms with Crippen molar-refractivity contribution >= 4 is 11.6 Å². The van der Waals surface area contributed by atoms with Crippen LogP contribution in [0.3, 0.4) is 0 Å². The van der Waals surface area contributed by atoms with Crippen LogP contribution in [0.5, 0.6) is 0 Å². The van der Waals surface area contributed by atoms with Gasteiger partial charge in [-0.05, 0) is 57.0 Å². The molecule has 1 N–H and O–H groups in total. The van der Waals surface area contributed by atoms with Crippen LogP contribution in [0.25, 0.3) is 0 Å². The van der Waals surface area contributed by atoms with E-state index in [2.05, 4.69) is 16.3 Å². The summed E-state index contributed by atoms with van der Waals surface area (Å²) < 4.78 is 0. The second-order valence-electron chi connectivity index (χ2n) is 5.20. The molecule has 0 bridgehead atoms. The summed E-state index contributed by atoms with van der Waals surface area (Å²) in [4.78, 5) is 14.2. The molecule has 0 atom stereocenters. The number of hydrogen-bond donors (Lipinski definition) is 1. The van der Waals surface area contributed by atoms with E-state index in [1.807, 2.05) is 26.0 Å². The molecule has 1 aromatic rings. The molecule has 3 heteroatoms. The second kappa shape index (κ2) is 6.01. The first kappa shape index (κ1) is 13.1. The lowest BCUT2D eigenvalue weighted by Crippen LogP contribution is -2.36. The average molecular weight is 246 g/mol. The lowest BCUT2D eigenvalue weighted by atomic mass is 10.1. The number of carbonyl (C=O) groups is 1. The van der Waals surface area contributed by atoms with Gasteiger partial charge in [0.05, 0.1) is 6.54 Å². The summed E-state index contributed by atoms with van der Waals surface area (Å²) in [5, 5.41) is 3.02. The van der Waals surface area contributed by atoms with Crippen molar-refractivity contribution in [1.82, 2.24) is 4.90 Å². The summed E-state index contributed by atoms with van der Waals surface area (Å²) in [5.74, 6) is 0.102. The summed E-state index contributed by atoms with van der Waals surface area (Å²) >= 11 is 0. The largest absolute Gasteiger partial charge is 0.325 e. The van der Waals surface area contributed by atoms with E-state index >= 15 is 0 Å². The highest BCUT2D eigenvalue weighted by Crippen LogP contribution is 2.16. The van der Waals surface area contributed by atoms with E-state index in [0.29, 0.717) is 6.54 Å². The number of piperidine rings is 1. The van der Waals surface area contributed by atoms with E-state index in [-0.39, 0.29) is 5.91 Å². The SMILES string of the molecule is Cc1ccc(C)c(NC(=O)CN2CCCCC2)c1. The number of aryl methyl sites for hydroxylation is 2. The van der Waals surface area contributed by atoms with Crippen LogP contribution in [-0.2, 0) is 4.79 Å². The molecule has 1 saturated heterocycles. The Morgan fingerprint density at radius 1 is 1.22 bits per heavy atom. The first-order chi connectivity index (χ1) is 8.65. The molecule has 18 heavy (non-hydrogen) atoms. The molecule has 0 saturated carbocycles. The normalized spacial score (nSPS) is 16.6. The van der Waals surface area contributed by atoms with Gasteiger partial charge in [0.2, 0.25) is 5.91 Å². The zero-order valence-electron chi connectivity index (χ0n) is 11.3. The summed E-state index contributed by atoms with van der Waals surface area (Å²) in [6.07, 6.45) is 3.74. The Morgan fingerprint density at radius 2 is 1.94 bits per heavy atom. The molecule has 1 fully saturated rings. The van der Waals surface area contributed by atoms with Crippen molar-refractivity contribution < 1.29 is 4.79 Å². The molecular weight excluding hydrogens is 224 g/mol. The zero-order valence-corrected chi connectivity index (χ0v) is 11.3. The number of anilines is 1. The summed E-state index contributed by atoms with van der Waals surface area (Å²) in [7, 11) is 0.